The Bertz CT molecular complexity index is 810. The molecule has 1 aromatic carbocycles. The summed E-state index contributed by atoms with van der Waals surface area (Å²) in [5.74, 6) is 0.823. The molecule has 2 heterocycles. The maximum absolute atomic E-state index is 10.8. The third-order valence-corrected chi connectivity index (χ3v) is 4.91. The molecule has 7 nitrogen and oxygen atoms in total. The van der Waals surface area contributed by atoms with E-state index >= 15 is 0 Å². The number of nitro benzene ring substituents is 1. The Morgan fingerprint density at radius 1 is 1.40 bits per heavy atom. The van der Waals surface area contributed by atoms with Gasteiger partial charge in [-0.1, -0.05) is 0 Å². The van der Waals surface area contributed by atoms with Gasteiger partial charge in [-0.3, -0.25) is 10.1 Å². The van der Waals surface area contributed by atoms with E-state index < -0.39 is 4.92 Å². The van der Waals surface area contributed by atoms with Gasteiger partial charge in [0.25, 0.3) is 5.69 Å². The summed E-state index contributed by atoms with van der Waals surface area (Å²) in [6, 6.07) is 4.66. The molecule has 0 atom stereocenters. The van der Waals surface area contributed by atoms with Crippen molar-refractivity contribution in [2.75, 3.05) is 0 Å². The first-order valence-corrected chi connectivity index (χ1v) is 7.27. The minimum absolute atomic E-state index is 0.0761. The van der Waals surface area contributed by atoms with Gasteiger partial charge in [0.15, 0.2) is 9.50 Å². The lowest BCUT2D eigenvalue weighted by Gasteiger charge is -1.96. The number of non-ortho nitro benzene ring substituents is 1. The molecule has 0 aliphatic heterocycles. The van der Waals surface area contributed by atoms with Crippen LogP contribution in [0.15, 0.2) is 27.7 Å². The first-order valence-electron chi connectivity index (χ1n) is 5.63. The van der Waals surface area contributed by atoms with Crippen molar-refractivity contribution in [3.05, 3.63) is 34.1 Å². The second-order valence-electron chi connectivity index (χ2n) is 4.08. The molecule has 0 aliphatic rings. The highest BCUT2D eigenvalue weighted by atomic mass is 32.2. The van der Waals surface area contributed by atoms with Crippen LogP contribution in [0.1, 0.15) is 5.82 Å². The number of aromatic nitrogens is 4. The minimum Gasteiger partial charge on any atom is -0.309 e. The Hall–Kier alpha value is -2.00. The zero-order valence-corrected chi connectivity index (χ0v) is 12.2. The quantitative estimate of drug-likeness (QED) is 0.546. The Morgan fingerprint density at radius 3 is 2.85 bits per heavy atom. The maximum atomic E-state index is 10.8. The molecular formula is C11H9N5O2S2. The standard InChI is InChI=1S/C11H9N5O2S2/c1-6-13-14-10(15(6)2)20-11-12-8-4-3-7(16(17)18)5-9(8)19-11/h3-5H,1-2H3. The second-order valence-corrected chi connectivity index (χ2v) is 6.32. The van der Waals surface area contributed by atoms with E-state index in [4.69, 9.17) is 0 Å². The molecule has 0 radical (unpaired) electrons. The summed E-state index contributed by atoms with van der Waals surface area (Å²) in [6.07, 6.45) is 0. The molecule has 0 unspecified atom stereocenters. The predicted molar refractivity (Wildman–Crippen MR) is 76.1 cm³/mol. The summed E-state index contributed by atoms with van der Waals surface area (Å²) in [5, 5.41) is 19.5. The molecular weight excluding hydrogens is 298 g/mol. The average molecular weight is 307 g/mol. The third kappa shape index (κ3) is 2.25. The van der Waals surface area contributed by atoms with E-state index in [2.05, 4.69) is 15.2 Å². The van der Waals surface area contributed by atoms with Crippen LogP contribution in [-0.4, -0.2) is 24.7 Å². The number of fused-ring (bicyclic) bond motifs is 1. The first-order chi connectivity index (χ1) is 9.54. The average Bonchev–Trinajstić information content (AvgIpc) is 2.95. The van der Waals surface area contributed by atoms with Gasteiger partial charge < -0.3 is 4.57 Å². The zero-order chi connectivity index (χ0) is 14.3. The maximum Gasteiger partial charge on any atom is 0.270 e. The highest BCUT2D eigenvalue weighted by Gasteiger charge is 2.13. The van der Waals surface area contributed by atoms with E-state index in [0.29, 0.717) is 0 Å². The summed E-state index contributed by atoms with van der Waals surface area (Å²) in [6.45, 7) is 1.87. The van der Waals surface area contributed by atoms with E-state index in [1.807, 2.05) is 18.5 Å². The molecule has 3 aromatic rings. The molecule has 0 saturated heterocycles. The zero-order valence-electron chi connectivity index (χ0n) is 10.6. The first kappa shape index (κ1) is 13.0. The van der Waals surface area contributed by atoms with Gasteiger partial charge >= 0.3 is 0 Å². The van der Waals surface area contributed by atoms with Crippen molar-refractivity contribution in [1.82, 2.24) is 19.7 Å². The molecule has 20 heavy (non-hydrogen) atoms. The number of hydrogen-bond donors (Lipinski definition) is 0. The van der Waals surface area contributed by atoms with Crippen LogP contribution in [-0.2, 0) is 7.05 Å². The third-order valence-electron chi connectivity index (χ3n) is 2.79. The monoisotopic (exact) mass is 307 g/mol. The number of aryl methyl sites for hydroxylation is 1. The molecule has 3 rings (SSSR count). The van der Waals surface area contributed by atoms with Gasteiger partial charge in [0.2, 0.25) is 0 Å². The normalized spacial score (nSPS) is 11.1. The fraction of sp³-hybridized carbons (Fsp3) is 0.182. The van der Waals surface area contributed by atoms with E-state index in [1.165, 1.54) is 29.2 Å². The Labute approximate surface area is 121 Å². The van der Waals surface area contributed by atoms with E-state index in [-0.39, 0.29) is 5.69 Å². The van der Waals surface area contributed by atoms with Crippen molar-refractivity contribution in [2.24, 2.45) is 7.05 Å². The number of nitro groups is 1. The molecule has 0 saturated carbocycles. The minimum atomic E-state index is -0.405. The molecule has 0 bridgehead atoms. The van der Waals surface area contributed by atoms with Crippen LogP contribution in [0.3, 0.4) is 0 Å². The van der Waals surface area contributed by atoms with Crippen LogP contribution in [0.25, 0.3) is 10.2 Å². The Kier molecular flexibility index (Phi) is 3.14. The van der Waals surface area contributed by atoms with Gasteiger partial charge in [0, 0.05) is 19.2 Å². The molecule has 0 aliphatic carbocycles. The number of hydrogen-bond acceptors (Lipinski definition) is 7. The Morgan fingerprint density at radius 2 is 2.20 bits per heavy atom. The fourth-order valence-electron chi connectivity index (χ4n) is 1.60. The van der Waals surface area contributed by atoms with E-state index in [9.17, 15) is 10.1 Å². The molecule has 0 spiro atoms. The number of rotatable bonds is 3. The summed E-state index contributed by atoms with van der Waals surface area (Å²) < 4.78 is 3.45. The van der Waals surface area contributed by atoms with Crippen LogP contribution < -0.4 is 0 Å². The van der Waals surface area contributed by atoms with Gasteiger partial charge in [0.1, 0.15) is 5.82 Å². The van der Waals surface area contributed by atoms with Crippen molar-refractivity contribution in [2.45, 2.75) is 16.4 Å². The van der Waals surface area contributed by atoms with Crippen LogP contribution in [0.5, 0.6) is 0 Å². The van der Waals surface area contributed by atoms with Gasteiger partial charge in [-0.05, 0) is 24.8 Å². The van der Waals surface area contributed by atoms with Crippen molar-refractivity contribution in [3.63, 3.8) is 0 Å². The largest absolute Gasteiger partial charge is 0.309 e. The number of benzene rings is 1. The van der Waals surface area contributed by atoms with Gasteiger partial charge in [-0.25, -0.2) is 4.98 Å². The molecule has 0 fully saturated rings. The smallest absolute Gasteiger partial charge is 0.270 e. The van der Waals surface area contributed by atoms with E-state index in [0.717, 1.165) is 25.5 Å². The van der Waals surface area contributed by atoms with Gasteiger partial charge in [-0.15, -0.1) is 21.5 Å². The highest BCUT2D eigenvalue weighted by Crippen LogP contribution is 2.34. The van der Waals surface area contributed by atoms with Crippen LogP contribution in [0, 0.1) is 17.0 Å². The summed E-state index contributed by atoms with van der Waals surface area (Å²) >= 11 is 2.81. The van der Waals surface area contributed by atoms with Crippen LogP contribution >= 0.6 is 23.1 Å². The number of thiazole rings is 1. The molecule has 0 N–H and O–H groups in total. The van der Waals surface area contributed by atoms with Gasteiger partial charge in [0.05, 0.1) is 15.1 Å². The Balaban J connectivity index is 1.97. The predicted octanol–water partition coefficient (Wildman–Crippen LogP) is 2.79. The van der Waals surface area contributed by atoms with Crippen LogP contribution in [0.2, 0.25) is 0 Å². The lowest BCUT2D eigenvalue weighted by molar-refractivity contribution is -0.384. The lowest BCUT2D eigenvalue weighted by Crippen LogP contribution is -1.92. The molecule has 102 valence electrons. The number of nitrogens with zero attached hydrogens (tertiary/aromatic N) is 5. The SMILES string of the molecule is Cc1nnc(Sc2nc3ccc([N+](=O)[O-])cc3s2)n1C. The topological polar surface area (TPSA) is 86.7 Å². The van der Waals surface area contributed by atoms with Crippen molar-refractivity contribution < 1.29 is 4.92 Å². The highest BCUT2D eigenvalue weighted by molar-refractivity contribution is 8.01. The van der Waals surface area contributed by atoms with Crippen LogP contribution in [0.4, 0.5) is 5.69 Å². The van der Waals surface area contributed by atoms with Crippen molar-refractivity contribution >= 4 is 39.0 Å². The summed E-state index contributed by atoms with van der Waals surface area (Å²) in [7, 11) is 1.88. The molecule has 9 heteroatoms. The molecule has 0 amide bonds. The fourth-order valence-corrected chi connectivity index (χ4v) is 3.64. The van der Waals surface area contributed by atoms with Crippen molar-refractivity contribution in [3.8, 4) is 0 Å². The lowest BCUT2D eigenvalue weighted by atomic mass is 10.3. The summed E-state index contributed by atoms with van der Waals surface area (Å²) in [4.78, 5) is 14.8. The van der Waals surface area contributed by atoms with E-state index in [1.54, 1.807) is 12.1 Å². The second kappa shape index (κ2) is 4.84. The van der Waals surface area contributed by atoms with Gasteiger partial charge in [-0.2, -0.15) is 0 Å². The van der Waals surface area contributed by atoms with Crippen molar-refractivity contribution in [1.29, 1.82) is 0 Å². The molecule has 2 aromatic heterocycles. The summed E-state index contributed by atoms with van der Waals surface area (Å²) in [5.41, 5.74) is 0.828.